The summed E-state index contributed by atoms with van der Waals surface area (Å²) in [4.78, 5) is 13.6. The zero-order valence-corrected chi connectivity index (χ0v) is 27.3. The molecule has 1 fully saturated rings. The van der Waals surface area contributed by atoms with Gasteiger partial charge in [-0.25, -0.2) is 4.68 Å². The Labute approximate surface area is 242 Å². The van der Waals surface area contributed by atoms with Crippen LogP contribution in [0.25, 0.3) is 22.2 Å². The third kappa shape index (κ3) is 8.49. The Balaban J connectivity index is 1.73. The van der Waals surface area contributed by atoms with E-state index in [2.05, 4.69) is 44.4 Å². The highest BCUT2D eigenvalue weighted by Crippen LogP contribution is 2.40. The average molecular weight is 608 g/mol. The summed E-state index contributed by atoms with van der Waals surface area (Å²) < 4.78 is 52.1. The van der Waals surface area contributed by atoms with Crippen LogP contribution in [0.2, 0.25) is 51.4 Å². The zero-order valence-electron chi connectivity index (χ0n) is 25.3. The van der Waals surface area contributed by atoms with Crippen molar-refractivity contribution in [1.82, 2.24) is 14.3 Å². The fourth-order valence-corrected chi connectivity index (χ4v) is 5.96. The van der Waals surface area contributed by atoms with Crippen molar-refractivity contribution >= 4 is 27.1 Å². The van der Waals surface area contributed by atoms with E-state index in [-0.39, 0.29) is 36.6 Å². The maximum Gasteiger partial charge on any atom is 0.387 e. The molecule has 0 atom stereocenters. The number of aryl methyl sites for hydroxylation is 1. The van der Waals surface area contributed by atoms with E-state index in [1.807, 2.05) is 11.5 Å². The van der Waals surface area contributed by atoms with Gasteiger partial charge in [0.2, 0.25) is 0 Å². The van der Waals surface area contributed by atoms with Crippen LogP contribution in [0.15, 0.2) is 29.2 Å². The van der Waals surface area contributed by atoms with Crippen molar-refractivity contribution in [3.63, 3.8) is 0 Å². The molecule has 1 saturated carbocycles. The van der Waals surface area contributed by atoms with E-state index in [1.54, 1.807) is 18.3 Å². The lowest BCUT2D eigenvalue weighted by Crippen LogP contribution is -2.26. The van der Waals surface area contributed by atoms with Gasteiger partial charge in [0.05, 0.1) is 28.9 Å². The van der Waals surface area contributed by atoms with Crippen LogP contribution >= 0.6 is 0 Å². The molecule has 3 aromatic rings. The van der Waals surface area contributed by atoms with Gasteiger partial charge in [-0.1, -0.05) is 39.3 Å². The summed E-state index contributed by atoms with van der Waals surface area (Å²) in [7, 11) is -2.57. The molecule has 0 radical (unpaired) electrons. The first-order valence-corrected chi connectivity index (χ1v) is 21.7. The molecule has 1 aliphatic rings. The number of ether oxygens (including phenoxy) is 4. The number of hydrogen-bond donors (Lipinski definition) is 0. The van der Waals surface area contributed by atoms with Crippen LogP contribution in [-0.4, -0.2) is 56.4 Å². The Hall–Kier alpha value is -2.55. The van der Waals surface area contributed by atoms with Crippen LogP contribution in [-0.2, 0) is 22.9 Å². The Morgan fingerprint density at radius 3 is 2.20 bits per heavy atom. The number of fused-ring (bicyclic) bond motifs is 1. The van der Waals surface area contributed by atoms with E-state index in [1.165, 1.54) is 10.7 Å². The first-order chi connectivity index (χ1) is 19.2. The summed E-state index contributed by atoms with van der Waals surface area (Å²) >= 11 is 0. The lowest BCUT2D eigenvalue weighted by molar-refractivity contribution is -0.0516. The van der Waals surface area contributed by atoms with Crippen molar-refractivity contribution in [3.8, 4) is 22.8 Å². The lowest BCUT2D eigenvalue weighted by Gasteiger charge is -2.18. The molecule has 0 N–H and O–H groups in total. The molecule has 2 heterocycles. The molecule has 0 aliphatic heterocycles. The fraction of sp³-hybridized carbons (Fsp3) is 0.586. The highest BCUT2D eigenvalue weighted by atomic mass is 28.3. The third-order valence-electron chi connectivity index (χ3n) is 6.99. The van der Waals surface area contributed by atoms with E-state index >= 15 is 0 Å². The van der Waals surface area contributed by atoms with Crippen molar-refractivity contribution < 1.29 is 27.7 Å². The van der Waals surface area contributed by atoms with Gasteiger partial charge in [0, 0.05) is 34.9 Å². The largest absolute Gasteiger partial charge is 0.487 e. The summed E-state index contributed by atoms with van der Waals surface area (Å²) in [5, 5.41) is 4.94. The van der Waals surface area contributed by atoms with Crippen molar-refractivity contribution in [2.75, 3.05) is 13.2 Å². The van der Waals surface area contributed by atoms with Gasteiger partial charge in [0.15, 0.2) is 11.5 Å². The second-order valence-corrected chi connectivity index (χ2v) is 24.4. The van der Waals surface area contributed by atoms with Crippen LogP contribution in [0.5, 0.6) is 11.5 Å². The molecule has 8 nitrogen and oxygen atoms in total. The van der Waals surface area contributed by atoms with Gasteiger partial charge in [-0.2, -0.15) is 13.9 Å². The third-order valence-corrected chi connectivity index (χ3v) is 10.4. The Morgan fingerprint density at radius 1 is 0.976 bits per heavy atom. The summed E-state index contributed by atoms with van der Waals surface area (Å²) in [5.74, 6) is 0.245. The summed E-state index contributed by atoms with van der Waals surface area (Å²) in [6, 6.07) is 6.91. The number of rotatable bonds is 15. The van der Waals surface area contributed by atoms with Gasteiger partial charge < -0.3 is 23.5 Å². The second-order valence-electron chi connectivity index (χ2n) is 13.2. The minimum absolute atomic E-state index is 0.0122. The second kappa shape index (κ2) is 12.8. The minimum Gasteiger partial charge on any atom is -0.487 e. The monoisotopic (exact) mass is 607 g/mol. The molecule has 0 amide bonds. The quantitative estimate of drug-likeness (QED) is 0.138. The van der Waals surface area contributed by atoms with E-state index < -0.39 is 22.8 Å². The number of benzene rings is 1. The first-order valence-electron chi connectivity index (χ1n) is 14.2. The van der Waals surface area contributed by atoms with Crippen molar-refractivity contribution in [2.45, 2.75) is 97.3 Å². The highest BCUT2D eigenvalue weighted by molar-refractivity contribution is 6.76. The molecular weight excluding hydrogens is 565 g/mol. The topological polar surface area (TPSA) is 76.7 Å². The Morgan fingerprint density at radius 2 is 1.61 bits per heavy atom. The molecule has 1 aliphatic carbocycles. The number of alkyl halides is 2. The van der Waals surface area contributed by atoms with E-state index in [9.17, 15) is 13.6 Å². The van der Waals surface area contributed by atoms with Crippen molar-refractivity contribution in [2.24, 2.45) is 0 Å². The first kappa shape index (κ1) is 31.4. The highest BCUT2D eigenvalue weighted by Gasteiger charge is 2.27. The standard InChI is InChI=1S/C29H43F2N3O5Si2/c1-20-26-23(17-32-34(28(26)35)19-37-13-15-41(5,6)7)33(18-36-12-14-40(2,3)4)27(20)21-8-11-24(39-29(30)31)25(16-21)38-22-9-10-22/h8,11,16-17,22,29H,9-10,12-15,18-19H2,1-7H3. The van der Waals surface area contributed by atoms with Gasteiger partial charge in [0.1, 0.15) is 13.5 Å². The fourth-order valence-electron chi connectivity index (χ4n) is 4.45. The predicted molar refractivity (Wildman–Crippen MR) is 163 cm³/mol. The maximum atomic E-state index is 13.6. The van der Waals surface area contributed by atoms with Gasteiger partial charge in [-0.3, -0.25) is 4.79 Å². The average Bonchev–Trinajstić information content (AvgIpc) is 3.63. The molecule has 41 heavy (non-hydrogen) atoms. The predicted octanol–water partition coefficient (Wildman–Crippen LogP) is 6.94. The van der Waals surface area contributed by atoms with E-state index in [0.717, 1.165) is 36.2 Å². The molecule has 1 aromatic carbocycles. The molecule has 0 bridgehead atoms. The molecule has 12 heteroatoms. The van der Waals surface area contributed by atoms with Crippen LogP contribution < -0.4 is 15.0 Å². The zero-order chi connectivity index (χ0) is 29.9. The summed E-state index contributed by atoms with van der Waals surface area (Å²) in [6.45, 7) is 14.1. The molecule has 0 unspecified atom stereocenters. The molecule has 4 rings (SSSR count). The van der Waals surface area contributed by atoms with Crippen molar-refractivity contribution in [3.05, 3.63) is 40.3 Å². The summed E-state index contributed by atoms with van der Waals surface area (Å²) in [5.41, 5.74) is 2.60. The Bertz CT molecular complexity index is 1410. The molecule has 2 aromatic heterocycles. The SMILES string of the molecule is Cc1c(-c2ccc(OC(F)F)c(OC3CC3)c2)n(COCC[Si](C)(C)C)c2cnn(COCC[Si](C)(C)C)c(=O)c12. The number of aromatic nitrogens is 3. The van der Waals surface area contributed by atoms with Crippen LogP contribution in [0.1, 0.15) is 18.4 Å². The number of hydrogen-bond acceptors (Lipinski definition) is 6. The lowest BCUT2D eigenvalue weighted by atomic mass is 10.1. The van der Waals surface area contributed by atoms with Gasteiger partial charge in [0.25, 0.3) is 5.56 Å². The van der Waals surface area contributed by atoms with Crippen molar-refractivity contribution in [1.29, 1.82) is 0 Å². The molecule has 226 valence electrons. The summed E-state index contributed by atoms with van der Waals surface area (Å²) in [6.07, 6.45) is 3.40. The minimum atomic E-state index is -2.96. The van der Waals surface area contributed by atoms with Gasteiger partial charge >= 0.3 is 6.61 Å². The van der Waals surface area contributed by atoms with Gasteiger partial charge in [-0.05, 0) is 55.6 Å². The van der Waals surface area contributed by atoms with Crippen LogP contribution in [0.3, 0.4) is 0 Å². The van der Waals surface area contributed by atoms with Crippen LogP contribution in [0, 0.1) is 6.92 Å². The van der Waals surface area contributed by atoms with Gasteiger partial charge in [-0.15, -0.1) is 0 Å². The van der Waals surface area contributed by atoms with E-state index in [0.29, 0.717) is 29.7 Å². The number of nitrogens with zero attached hydrogens (tertiary/aromatic N) is 3. The number of halogens is 2. The molecular formula is C29H43F2N3O5Si2. The smallest absolute Gasteiger partial charge is 0.387 e. The maximum absolute atomic E-state index is 13.6. The molecule has 0 saturated heterocycles. The normalized spacial score (nSPS) is 14.3. The van der Waals surface area contributed by atoms with E-state index in [4.69, 9.17) is 18.9 Å². The van der Waals surface area contributed by atoms with Crippen LogP contribution in [0.4, 0.5) is 8.78 Å². The molecule has 0 spiro atoms. The Kier molecular flexibility index (Phi) is 9.77.